The number of thiazole rings is 1. The van der Waals surface area contributed by atoms with Gasteiger partial charge in [-0.2, -0.15) is 0 Å². The van der Waals surface area contributed by atoms with Crippen molar-refractivity contribution in [3.63, 3.8) is 0 Å². The zero-order valence-electron chi connectivity index (χ0n) is 12.5. The van der Waals surface area contributed by atoms with Gasteiger partial charge in [0.2, 0.25) is 5.91 Å². The Labute approximate surface area is 127 Å². The molecule has 21 heavy (non-hydrogen) atoms. The first-order chi connectivity index (χ1) is 9.93. The minimum Gasteiger partial charge on any atom is -0.507 e. The highest BCUT2D eigenvalue weighted by Gasteiger charge is 2.18. The summed E-state index contributed by atoms with van der Waals surface area (Å²) in [5.41, 5.74) is 1.25. The van der Waals surface area contributed by atoms with E-state index < -0.39 is 0 Å². The van der Waals surface area contributed by atoms with E-state index in [-0.39, 0.29) is 17.6 Å². The maximum atomic E-state index is 12.0. The molecule has 2 rings (SSSR count). The average Bonchev–Trinajstić information content (AvgIpc) is 2.94. The number of amides is 1. The normalized spacial score (nSPS) is 10.7. The van der Waals surface area contributed by atoms with Gasteiger partial charge in [-0.1, -0.05) is 13.8 Å². The molecule has 1 heterocycles. The highest BCUT2D eigenvalue weighted by Crippen LogP contribution is 2.34. The number of hydrogen-bond acceptors (Lipinski definition) is 5. The highest BCUT2D eigenvalue weighted by molar-refractivity contribution is 7.14. The standard InChI is InChI=1S/C15H18N2O3S/c1-9(2)14(19)17(3)15-16-12(8-21-15)11-6-5-10(20-4)7-13(11)18/h5-9,18H,1-4H3. The third-order valence-electron chi connectivity index (χ3n) is 3.08. The van der Waals surface area contributed by atoms with Crippen molar-refractivity contribution in [3.05, 3.63) is 23.6 Å². The van der Waals surface area contributed by atoms with E-state index in [1.54, 1.807) is 31.2 Å². The highest BCUT2D eigenvalue weighted by atomic mass is 32.1. The molecular formula is C15H18N2O3S. The first-order valence-electron chi connectivity index (χ1n) is 6.54. The topological polar surface area (TPSA) is 62.7 Å². The van der Waals surface area contributed by atoms with Crippen LogP contribution in [0.3, 0.4) is 0 Å². The molecule has 5 nitrogen and oxygen atoms in total. The molecule has 1 aromatic heterocycles. The van der Waals surface area contributed by atoms with Crippen LogP contribution in [0.5, 0.6) is 11.5 Å². The van der Waals surface area contributed by atoms with Crippen LogP contribution >= 0.6 is 11.3 Å². The summed E-state index contributed by atoms with van der Waals surface area (Å²) in [7, 11) is 3.25. The van der Waals surface area contributed by atoms with Gasteiger partial charge in [-0.15, -0.1) is 11.3 Å². The quantitative estimate of drug-likeness (QED) is 0.942. The lowest BCUT2D eigenvalue weighted by Gasteiger charge is -2.15. The molecule has 1 aromatic carbocycles. The molecule has 6 heteroatoms. The van der Waals surface area contributed by atoms with Gasteiger partial charge in [0.05, 0.1) is 12.8 Å². The number of phenols is 1. The third kappa shape index (κ3) is 3.16. The zero-order valence-corrected chi connectivity index (χ0v) is 13.3. The molecule has 1 amide bonds. The van der Waals surface area contributed by atoms with Gasteiger partial charge in [0.1, 0.15) is 11.5 Å². The number of anilines is 1. The maximum Gasteiger partial charge on any atom is 0.231 e. The van der Waals surface area contributed by atoms with Gasteiger partial charge in [0.15, 0.2) is 5.13 Å². The van der Waals surface area contributed by atoms with Crippen LogP contribution in [0.25, 0.3) is 11.3 Å². The van der Waals surface area contributed by atoms with Crippen LogP contribution in [0.2, 0.25) is 0 Å². The van der Waals surface area contributed by atoms with Crippen LogP contribution in [0, 0.1) is 5.92 Å². The summed E-state index contributed by atoms with van der Waals surface area (Å²) >= 11 is 1.37. The number of ether oxygens (including phenoxy) is 1. The summed E-state index contributed by atoms with van der Waals surface area (Å²) in [6.07, 6.45) is 0. The summed E-state index contributed by atoms with van der Waals surface area (Å²) in [6.45, 7) is 3.70. The van der Waals surface area contributed by atoms with Crippen molar-refractivity contribution in [2.45, 2.75) is 13.8 Å². The van der Waals surface area contributed by atoms with Gasteiger partial charge in [-0.05, 0) is 12.1 Å². The Hall–Kier alpha value is -2.08. The lowest BCUT2D eigenvalue weighted by molar-refractivity contribution is -0.121. The summed E-state index contributed by atoms with van der Waals surface area (Å²) < 4.78 is 5.06. The molecule has 112 valence electrons. The summed E-state index contributed by atoms with van der Waals surface area (Å²) in [6, 6.07) is 5.05. The number of nitrogens with zero attached hydrogens (tertiary/aromatic N) is 2. The van der Waals surface area contributed by atoms with Gasteiger partial charge in [0.25, 0.3) is 0 Å². The van der Waals surface area contributed by atoms with Gasteiger partial charge < -0.3 is 9.84 Å². The Bertz CT molecular complexity index is 652. The second kappa shape index (κ2) is 6.13. The molecule has 0 bridgehead atoms. The van der Waals surface area contributed by atoms with E-state index in [2.05, 4.69) is 4.98 Å². The Morgan fingerprint density at radius 3 is 2.71 bits per heavy atom. The predicted molar refractivity (Wildman–Crippen MR) is 84.0 cm³/mol. The molecule has 0 aliphatic rings. The second-order valence-electron chi connectivity index (χ2n) is 4.95. The number of benzene rings is 1. The Balaban J connectivity index is 2.30. The van der Waals surface area contributed by atoms with Crippen molar-refractivity contribution in [1.82, 2.24) is 4.98 Å². The van der Waals surface area contributed by atoms with Crippen LogP contribution < -0.4 is 9.64 Å². The number of carbonyl (C=O) groups is 1. The number of carbonyl (C=O) groups excluding carboxylic acids is 1. The van der Waals surface area contributed by atoms with Crippen LogP contribution in [0.1, 0.15) is 13.8 Å². The summed E-state index contributed by atoms with van der Waals surface area (Å²) in [5.74, 6) is 0.606. The molecule has 0 aliphatic heterocycles. The second-order valence-corrected chi connectivity index (χ2v) is 5.79. The number of rotatable bonds is 4. The van der Waals surface area contributed by atoms with Crippen molar-refractivity contribution < 1.29 is 14.6 Å². The smallest absolute Gasteiger partial charge is 0.231 e. The van der Waals surface area contributed by atoms with Crippen LogP contribution in [0.15, 0.2) is 23.6 Å². The largest absolute Gasteiger partial charge is 0.507 e. The Morgan fingerprint density at radius 1 is 1.43 bits per heavy atom. The Kier molecular flexibility index (Phi) is 4.47. The van der Waals surface area contributed by atoms with Gasteiger partial charge in [-0.25, -0.2) is 4.98 Å². The number of phenolic OH excluding ortho intramolecular Hbond substituents is 1. The van der Waals surface area contributed by atoms with E-state index >= 15 is 0 Å². The van der Waals surface area contributed by atoms with Gasteiger partial charge in [0, 0.05) is 30.0 Å². The molecule has 0 aliphatic carbocycles. The lowest BCUT2D eigenvalue weighted by atomic mass is 10.1. The van der Waals surface area contributed by atoms with Gasteiger partial charge >= 0.3 is 0 Å². The fraction of sp³-hybridized carbons (Fsp3) is 0.333. The molecule has 0 saturated carbocycles. The number of methoxy groups -OCH3 is 1. The number of aromatic hydroxyl groups is 1. The van der Waals surface area contributed by atoms with Crippen LogP contribution in [-0.4, -0.2) is 30.2 Å². The van der Waals surface area contributed by atoms with Crippen molar-refractivity contribution >= 4 is 22.4 Å². The molecule has 2 aromatic rings. The molecule has 0 spiro atoms. The zero-order chi connectivity index (χ0) is 15.6. The molecule has 1 N–H and O–H groups in total. The van der Waals surface area contributed by atoms with E-state index in [4.69, 9.17) is 4.74 Å². The van der Waals surface area contributed by atoms with Gasteiger partial charge in [-0.3, -0.25) is 9.69 Å². The van der Waals surface area contributed by atoms with E-state index in [0.717, 1.165) is 0 Å². The summed E-state index contributed by atoms with van der Waals surface area (Å²) in [5, 5.41) is 12.5. The molecular weight excluding hydrogens is 288 g/mol. The number of aromatic nitrogens is 1. The van der Waals surface area contributed by atoms with Crippen molar-refractivity contribution in [3.8, 4) is 22.8 Å². The molecule has 0 saturated heterocycles. The Morgan fingerprint density at radius 2 is 2.14 bits per heavy atom. The van der Waals surface area contributed by atoms with Crippen molar-refractivity contribution in [1.29, 1.82) is 0 Å². The molecule has 0 unspecified atom stereocenters. The fourth-order valence-electron chi connectivity index (χ4n) is 1.88. The third-order valence-corrected chi connectivity index (χ3v) is 4.00. The fourth-order valence-corrected chi connectivity index (χ4v) is 2.67. The van der Waals surface area contributed by atoms with Crippen LogP contribution in [0.4, 0.5) is 5.13 Å². The van der Waals surface area contributed by atoms with E-state index in [1.165, 1.54) is 17.4 Å². The SMILES string of the molecule is COc1ccc(-c2csc(N(C)C(=O)C(C)C)n2)c(O)c1. The summed E-state index contributed by atoms with van der Waals surface area (Å²) in [4.78, 5) is 17.9. The maximum absolute atomic E-state index is 12.0. The molecule has 0 radical (unpaired) electrons. The predicted octanol–water partition coefficient (Wildman–Crippen LogP) is 3.14. The number of hydrogen-bond donors (Lipinski definition) is 1. The monoisotopic (exact) mass is 306 g/mol. The first-order valence-corrected chi connectivity index (χ1v) is 7.42. The van der Waals surface area contributed by atoms with Crippen molar-refractivity contribution in [2.24, 2.45) is 5.92 Å². The first kappa shape index (κ1) is 15.3. The minimum absolute atomic E-state index is 0.00912. The minimum atomic E-state index is -0.0864. The van der Waals surface area contributed by atoms with E-state index in [9.17, 15) is 9.90 Å². The van der Waals surface area contributed by atoms with Crippen molar-refractivity contribution in [2.75, 3.05) is 19.1 Å². The molecule has 0 atom stereocenters. The van der Waals surface area contributed by atoms with Crippen LogP contribution in [-0.2, 0) is 4.79 Å². The average molecular weight is 306 g/mol. The van der Waals surface area contributed by atoms with E-state index in [0.29, 0.717) is 22.1 Å². The molecule has 0 fully saturated rings. The van der Waals surface area contributed by atoms with E-state index in [1.807, 2.05) is 19.2 Å². The lowest BCUT2D eigenvalue weighted by Crippen LogP contribution is -2.30.